The van der Waals surface area contributed by atoms with Crippen LogP contribution in [0.5, 0.6) is 0 Å². The van der Waals surface area contributed by atoms with E-state index in [1.54, 1.807) is 12.1 Å². The number of fused-ring (bicyclic) bond motifs is 1. The molecule has 1 fully saturated rings. The van der Waals surface area contributed by atoms with Crippen LogP contribution in [0.25, 0.3) is 11.0 Å². The molecule has 6 nitrogen and oxygen atoms in total. The minimum absolute atomic E-state index is 0.380. The Balaban J connectivity index is 1.97. The zero-order valence-corrected chi connectivity index (χ0v) is 11.5. The van der Waals surface area contributed by atoms with Gasteiger partial charge in [0.05, 0.1) is 26.6 Å². The number of hydrogen-bond acceptors (Lipinski definition) is 5. The lowest BCUT2D eigenvalue weighted by Gasteiger charge is -2.22. The summed E-state index contributed by atoms with van der Waals surface area (Å²) >= 11 is 0. The second-order valence-corrected chi connectivity index (χ2v) is 4.86. The fourth-order valence-corrected chi connectivity index (χ4v) is 2.59. The van der Waals surface area contributed by atoms with Gasteiger partial charge in [-0.15, -0.1) is 5.10 Å². The Morgan fingerprint density at radius 1 is 1.42 bits per heavy atom. The van der Waals surface area contributed by atoms with Crippen molar-refractivity contribution < 1.29 is 9.32 Å². The van der Waals surface area contributed by atoms with Crippen molar-refractivity contribution in [2.75, 3.05) is 13.1 Å². The maximum absolute atomic E-state index is 11.5. The van der Waals surface area contributed by atoms with Crippen LogP contribution in [0, 0.1) is 0 Å². The Hall–Kier alpha value is -1.52. The molecule has 0 bridgehead atoms. The molecule has 7 heteroatoms. The van der Waals surface area contributed by atoms with Crippen LogP contribution in [0.15, 0.2) is 18.2 Å². The average Bonchev–Trinajstić information content (AvgIpc) is 2.90. The molecule has 2 aromatic rings. The third-order valence-electron chi connectivity index (χ3n) is 3.47. The standard InChI is InChI=1S/C12H15N4O2P/c17-12(18-19)8-1-2-11-10(7-8)14-15-16(11)9-3-5-13-6-4-9/h1-2,7,9,13H,3-6,19H2. The summed E-state index contributed by atoms with van der Waals surface area (Å²) in [4.78, 5) is 11.5. The van der Waals surface area contributed by atoms with Crippen molar-refractivity contribution in [2.45, 2.75) is 18.9 Å². The van der Waals surface area contributed by atoms with E-state index in [1.165, 1.54) is 0 Å². The molecule has 19 heavy (non-hydrogen) atoms. The number of hydrogen-bond donors (Lipinski definition) is 1. The number of benzene rings is 1. The molecule has 1 aliphatic heterocycles. The largest absolute Gasteiger partial charge is 0.448 e. The van der Waals surface area contributed by atoms with E-state index in [0.717, 1.165) is 37.0 Å². The number of aromatic nitrogens is 3. The molecule has 100 valence electrons. The van der Waals surface area contributed by atoms with Gasteiger partial charge in [-0.3, -0.25) is 0 Å². The van der Waals surface area contributed by atoms with Crippen molar-refractivity contribution >= 4 is 26.5 Å². The number of rotatable bonds is 2. The van der Waals surface area contributed by atoms with E-state index in [0.29, 0.717) is 11.6 Å². The molecule has 0 saturated carbocycles. The Morgan fingerprint density at radius 2 is 2.21 bits per heavy atom. The molecule has 0 spiro atoms. The van der Waals surface area contributed by atoms with E-state index in [1.807, 2.05) is 20.2 Å². The topological polar surface area (TPSA) is 69.0 Å². The van der Waals surface area contributed by atoms with E-state index in [-0.39, 0.29) is 5.97 Å². The minimum Gasteiger partial charge on any atom is -0.448 e. The van der Waals surface area contributed by atoms with E-state index in [4.69, 9.17) is 0 Å². The fraction of sp³-hybridized carbons (Fsp3) is 0.417. The van der Waals surface area contributed by atoms with Crippen LogP contribution in [-0.4, -0.2) is 34.1 Å². The molecular weight excluding hydrogens is 263 g/mol. The van der Waals surface area contributed by atoms with Crippen LogP contribution in [-0.2, 0) is 4.52 Å². The maximum atomic E-state index is 11.5. The summed E-state index contributed by atoms with van der Waals surface area (Å²) < 4.78 is 6.59. The highest BCUT2D eigenvalue weighted by Crippen LogP contribution is 2.23. The van der Waals surface area contributed by atoms with Crippen LogP contribution < -0.4 is 5.32 Å². The van der Waals surface area contributed by atoms with E-state index >= 15 is 0 Å². The van der Waals surface area contributed by atoms with Gasteiger partial charge in [0.25, 0.3) is 0 Å². The van der Waals surface area contributed by atoms with Gasteiger partial charge in [-0.2, -0.15) is 0 Å². The van der Waals surface area contributed by atoms with Gasteiger partial charge in [0.15, 0.2) is 0 Å². The Bertz CT molecular complexity index is 607. The molecule has 0 amide bonds. The molecule has 1 unspecified atom stereocenters. The number of carbonyl (C=O) groups is 1. The molecule has 2 heterocycles. The van der Waals surface area contributed by atoms with Crippen LogP contribution in [0.3, 0.4) is 0 Å². The number of carbonyl (C=O) groups excluding carboxylic acids is 1. The van der Waals surface area contributed by atoms with Gasteiger partial charge in [-0.1, -0.05) is 5.21 Å². The van der Waals surface area contributed by atoms with Gasteiger partial charge >= 0.3 is 5.97 Å². The predicted molar refractivity (Wildman–Crippen MR) is 73.8 cm³/mol. The lowest BCUT2D eigenvalue weighted by molar-refractivity contribution is 0.0766. The van der Waals surface area contributed by atoms with Gasteiger partial charge in [0.2, 0.25) is 0 Å². The van der Waals surface area contributed by atoms with Crippen LogP contribution in [0.4, 0.5) is 0 Å². The van der Waals surface area contributed by atoms with Crippen LogP contribution >= 0.6 is 9.47 Å². The monoisotopic (exact) mass is 278 g/mol. The zero-order chi connectivity index (χ0) is 13.2. The van der Waals surface area contributed by atoms with Gasteiger partial charge < -0.3 is 9.84 Å². The van der Waals surface area contributed by atoms with Crippen LogP contribution in [0.1, 0.15) is 29.2 Å². The van der Waals surface area contributed by atoms with Gasteiger partial charge in [0.1, 0.15) is 5.52 Å². The summed E-state index contributed by atoms with van der Waals surface area (Å²) in [6, 6.07) is 5.72. The van der Waals surface area contributed by atoms with E-state index in [9.17, 15) is 4.79 Å². The quantitative estimate of drug-likeness (QED) is 0.839. The van der Waals surface area contributed by atoms with Crippen molar-refractivity contribution in [3.05, 3.63) is 23.8 Å². The molecule has 1 atom stereocenters. The Morgan fingerprint density at radius 3 is 2.95 bits per heavy atom. The van der Waals surface area contributed by atoms with Gasteiger partial charge in [-0.05, 0) is 44.1 Å². The molecule has 1 aromatic carbocycles. The first-order chi connectivity index (χ1) is 9.29. The summed E-state index contributed by atoms with van der Waals surface area (Å²) in [5, 5.41) is 11.7. The second kappa shape index (κ2) is 5.23. The molecule has 1 aromatic heterocycles. The average molecular weight is 278 g/mol. The van der Waals surface area contributed by atoms with Crippen LogP contribution in [0.2, 0.25) is 0 Å². The first-order valence-corrected chi connectivity index (χ1v) is 6.73. The summed E-state index contributed by atoms with van der Waals surface area (Å²) in [5.74, 6) is -0.386. The minimum atomic E-state index is -0.386. The molecule has 1 N–H and O–H groups in total. The van der Waals surface area contributed by atoms with Crippen molar-refractivity contribution in [1.29, 1.82) is 0 Å². The lowest BCUT2D eigenvalue weighted by Crippen LogP contribution is -2.29. The van der Waals surface area contributed by atoms with Crippen molar-refractivity contribution in [1.82, 2.24) is 20.3 Å². The third-order valence-corrected chi connectivity index (χ3v) is 3.68. The van der Waals surface area contributed by atoms with Crippen molar-refractivity contribution in [3.63, 3.8) is 0 Å². The molecular formula is C12H15N4O2P. The van der Waals surface area contributed by atoms with Crippen molar-refractivity contribution in [3.8, 4) is 0 Å². The molecule has 0 aliphatic carbocycles. The third kappa shape index (κ3) is 2.33. The number of nitrogens with zero attached hydrogens (tertiary/aromatic N) is 3. The second-order valence-electron chi connectivity index (χ2n) is 4.62. The summed E-state index contributed by atoms with van der Waals surface area (Å²) in [5.41, 5.74) is 2.18. The molecule has 1 saturated heterocycles. The van der Waals surface area contributed by atoms with Crippen molar-refractivity contribution in [2.24, 2.45) is 0 Å². The maximum Gasteiger partial charge on any atom is 0.340 e. The first kappa shape index (κ1) is 12.5. The molecule has 1 aliphatic rings. The number of piperidine rings is 1. The molecule has 0 radical (unpaired) electrons. The number of nitrogens with one attached hydrogen (secondary N) is 1. The highest BCUT2D eigenvalue weighted by atomic mass is 31.0. The lowest BCUT2D eigenvalue weighted by atomic mass is 10.1. The fourth-order valence-electron chi connectivity index (χ4n) is 2.46. The highest BCUT2D eigenvalue weighted by Gasteiger charge is 2.19. The highest BCUT2D eigenvalue weighted by molar-refractivity contribution is 7.10. The summed E-state index contributed by atoms with van der Waals surface area (Å²) in [7, 11) is 1.96. The first-order valence-electron chi connectivity index (χ1n) is 6.26. The van der Waals surface area contributed by atoms with Gasteiger partial charge in [0, 0.05) is 0 Å². The summed E-state index contributed by atoms with van der Waals surface area (Å²) in [6.07, 6.45) is 2.10. The smallest absolute Gasteiger partial charge is 0.340 e. The predicted octanol–water partition coefficient (Wildman–Crippen LogP) is 1.30. The van der Waals surface area contributed by atoms with Gasteiger partial charge in [-0.25, -0.2) is 9.48 Å². The zero-order valence-electron chi connectivity index (χ0n) is 10.4. The van der Waals surface area contributed by atoms with E-state index < -0.39 is 0 Å². The SMILES string of the molecule is O=C(OP)c1ccc2c(c1)nnn2C1CCNCC1. The molecule has 3 rings (SSSR count). The normalized spacial score (nSPS) is 16.7. The van der Waals surface area contributed by atoms with E-state index in [2.05, 4.69) is 20.2 Å². The Labute approximate surface area is 112 Å². The summed E-state index contributed by atoms with van der Waals surface area (Å²) in [6.45, 7) is 2.01. The Kier molecular flexibility index (Phi) is 3.44.